The summed E-state index contributed by atoms with van der Waals surface area (Å²) >= 11 is 1.21. The lowest BCUT2D eigenvalue weighted by Gasteiger charge is -2.11. The number of ketones is 1. The van der Waals surface area contributed by atoms with Crippen LogP contribution in [0.2, 0.25) is 0 Å². The Morgan fingerprint density at radius 1 is 1.19 bits per heavy atom. The van der Waals surface area contributed by atoms with E-state index in [1.54, 1.807) is 0 Å². The molecule has 0 spiro atoms. The van der Waals surface area contributed by atoms with E-state index < -0.39 is 17.0 Å². The third-order valence-electron chi connectivity index (χ3n) is 5.73. The Balaban J connectivity index is 1.47. The Hall–Kier alpha value is -3.60. The highest BCUT2D eigenvalue weighted by molar-refractivity contribution is 7.99. The summed E-state index contributed by atoms with van der Waals surface area (Å²) in [5.74, 6) is 0.114. The van der Waals surface area contributed by atoms with Crippen LogP contribution in [-0.2, 0) is 14.1 Å². The monoisotopic (exact) mass is 451 g/mol. The molecule has 1 saturated carbocycles. The van der Waals surface area contributed by atoms with E-state index in [0.717, 1.165) is 44.3 Å². The van der Waals surface area contributed by atoms with Gasteiger partial charge >= 0.3 is 5.69 Å². The second kappa shape index (κ2) is 7.52. The number of nitrogens with zero attached hydrogens (tertiary/aromatic N) is 5. The molecule has 0 unspecified atom stereocenters. The number of carbonyl (C=O) groups is 1. The number of aromatic amines is 1. The van der Waals surface area contributed by atoms with Gasteiger partial charge in [-0.25, -0.2) is 4.79 Å². The molecule has 3 heterocycles. The van der Waals surface area contributed by atoms with Crippen LogP contribution in [0.5, 0.6) is 0 Å². The molecular weight excluding hydrogens is 430 g/mol. The highest BCUT2D eigenvalue weighted by Gasteiger charge is 2.31. The van der Waals surface area contributed by atoms with Gasteiger partial charge in [0.15, 0.2) is 16.8 Å². The zero-order chi connectivity index (χ0) is 22.6. The van der Waals surface area contributed by atoms with Gasteiger partial charge in [0.1, 0.15) is 11.4 Å². The van der Waals surface area contributed by atoms with E-state index >= 15 is 0 Å². The number of H-pyrrole nitrogens is 1. The quantitative estimate of drug-likeness (QED) is 0.337. The highest BCUT2D eigenvalue weighted by atomic mass is 32.2. The average Bonchev–Trinajstić information content (AvgIpc) is 3.40. The smallest absolute Gasteiger partial charge is 0.332 e. The van der Waals surface area contributed by atoms with Crippen molar-refractivity contribution in [1.29, 1.82) is 0 Å². The maximum Gasteiger partial charge on any atom is 0.332 e. The Morgan fingerprint density at radius 2 is 1.94 bits per heavy atom. The molecule has 0 radical (unpaired) electrons. The summed E-state index contributed by atoms with van der Waals surface area (Å²) in [6.07, 6.45) is 3.95. The van der Waals surface area contributed by atoms with Crippen molar-refractivity contribution < 1.29 is 4.79 Å². The van der Waals surface area contributed by atoms with E-state index in [-0.39, 0.29) is 23.2 Å². The van der Waals surface area contributed by atoms with Crippen LogP contribution in [0.25, 0.3) is 22.3 Å². The Bertz CT molecular complexity index is 1490. The van der Waals surface area contributed by atoms with E-state index in [0.29, 0.717) is 5.16 Å². The minimum Gasteiger partial charge on any atom is -0.384 e. The van der Waals surface area contributed by atoms with Crippen molar-refractivity contribution in [3.63, 3.8) is 0 Å². The molecule has 3 N–H and O–H groups in total. The summed E-state index contributed by atoms with van der Waals surface area (Å²) < 4.78 is 4.05. The minimum absolute atomic E-state index is 0.0453. The number of aromatic nitrogens is 6. The summed E-state index contributed by atoms with van der Waals surface area (Å²) in [5.41, 5.74) is 6.43. The lowest BCUT2D eigenvalue weighted by Crippen LogP contribution is -2.41. The molecule has 0 atom stereocenters. The van der Waals surface area contributed by atoms with Crippen LogP contribution in [-0.4, -0.2) is 40.4 Å². The van der Waals surface area contributed by atoms with E-state index in [4.69, 9.17) is 5.73 Å². The fraction of sp³-hybridized carbons (Fsp3) is 0.286. The van der Waals surface area contributed by atoms with Crippen molar-refractivity contribution >= 4 is 34.3 Å². The van der Waals surface area contributed by atoms with Crippen LogP contribution in [0.15, 0.2) is 45.2 Å². The normalized spacial score (nSPS) is 13.7. The second-order valence-electron chi connectivity index (χ2n) is 7.83. The Labute approximate surface area is 186 Å². The lowest BCUT2D eigenvalue weighted by molar-refractivity contribution is 0.102. The molecule has 1 aliphatic rings. The van der Waals surface area contributed by atoms with Gasteiger partial charge in [-0.1, -0.05) is 30.0 Å². The number of thioether (sulfide) groups is 1. The summed E-state index contributed by atoms with van der Waals surface area (Å²) in [5, 5.41) is 10.4. The Morgan fingerprint density at radius 3 is 2.69 bits per heavy atom. The zero-order valence-corrected chi connectivity index (χ0v) is 18.3. The van der Waals surface area contributed by atoms with Gasteiger partial charge in [-0.3, -0.25) is 23.3 Å². The van der Waals surface area contributed by atoms with Crippen LogP contribution in [0.4, 0.5) is 5.82 Å². The predicted octanol–water partition coefficient (Wildman–Crippen LogP) is 1.72. The number of anilines is 1. The molecule has 0 amide bonds. The number of benzene rings is 1. The van der Waals surface area contributed by atoms with Gasteiger partial charge in [0.05, 0.1) is 5.75 Å². The highest BCUT2D eigenvalue weighted by Crippen LogP contribution is 2.42. The number of nitrogens with one attached hydrogen (secondary N) is 1. The average molecular weight is 452 g/mol. The van der Waals surface area contributed by atoms with Gasteiger partial charge < -0.3 is 10.7 Å². The second-order valence-corrected chi connectivity index (χ2v) is 8.78. The molecule has 164 valence electrons. The molecule has 32 heavy (non-hydrogen) atoms. The molecule has 4 aromatic rings. The van der Waals surface area contributed by atoms with Crippen molar-refractivity contribution in [1.82, 2.24) is 28.9 Å². The van der Waals surface area contributed by atoms with Crippen molar-refractivity contribution in [3.05, 3.63) is 56.9 Å². The number of nitrogen functional groups attached to an aromatic ring is 1. The molecule has 11 heteroatoms. The predicted molar refractivity (Wildman–Crippen MR) is 122 cm³/mol. The molecule has 10 nitrogen and oxygen atoms in total. The topological polar surface area (TPSA) is 134 Å². The molecule has 5 rings (SSSR count). The fourth-order valence-electron chi connectivity index (χ4n) is 3.80. The summed E-state index contributed by atoms with van der Waals surface area (Å²) in [7, 11) is 2.75. The minimum atomic E-state index is -0.695. The summed E-state index contributed by atoms with van der Waals surface area (Å²) in [6.45, 7) is 0. The van der Waals surface area contributed by atoms with Crippen molar-refractivity contribution in [2.75, 3.05) is 11.5 Å². The number of carbonyl (C=O) groups excluding carboxylic acids is 1. The van der Waals surface area contributed by atoms with E-state index in [9.17, 15) is 14.4 Å². The lowest BCUT2D eigenvalue weighted by atomic mass is 10.1. The van der Waals surface area contributed by atoms with Gasteiger partial charge in [0.25, 0.3) is 5.56 Å². The maximum atomic E-state index is 12.9. The molecular formula is C21H21N7O3S. The van der Waals surface area contributed by atoms with Gasteiger partial charge in [0, 0.05) is 42.8 Å². The first kappa shape index (κ1) is 20.3. The standard InChI is InChI=1S/C21H21N7O3S/c1-26-17(22)16(19(30)27(2)21(26)31)15(29)10-32-20-25-24-18(28(20)11-7-8-11)13-9-23-14-6-4-3-5-12(13)14/h3-6,9,11,23H,7-8,10,22H2,1-2H3. The molecule has 1 aliphatic carbocycles. The molecule has 0 saturated heterocycles. The number of nitrogens with two attached hydrogens (primary N) is 1. The van der Waals surface area contributed by atoms with Gasteiger partial charge in [-0.15, -0.1) is 10.2 Å². The first-order valence-electron chi connectivity index (χ1n) is 10.1. The number of rotatable bonds is 6. The van der Waals surface area contributed by atoms with E-state index in [2.05, 4.69) is 19.7 Å². The third-order valence-corrected chi connectivity index (χ3v) is 6.67. The molecule has 1 aromatic carbocycles. The molecule has 0 bridgehead atoms. The molecule has 1 fully saturated rings. The summed E-state index contributed by atoms with van der Waals surface area (Å²) in [4.78, 5) is 40.6. The van der Waals surface area contributed by atoms with Crippen LogP contribution in [0.1, 0.15) is 29.2 Å². The maximum absolute atomic E-state index is 12.9. The van der Waals surface area contributed by atoms with Gasteiger partial charge in [-0.2, -0.15) is 0 Å². The first-order valence-corrected chi connectivity index (χ1v) is 11.1. The summed E-state index contributed by atoms with van der Waals surface area (Å²) in [6, 6.07) is 8.26. The zero-order valence-electron chi connectivity index (χ0n) is 17.5. The Kier molecular flexibility index (Phi) is 4.77. The fourth-order valence-corrected chi connectivity index (χ4v) is 4.68. The van der Waals surface area contributed by atoms with Crippen LogP contribution >= 0.6 is 11.8 Å². The third kappa shape index (κ3) is 3.16. The van der Waals surface area contributed by atoms with Crippen LogP contribution in [0.3, 0.4) is 0 Å². The number of Topliss-reactive ketones (excluding diaryl/α,β-unsaturated/α-hetero) is 1. The number of para-hydroxylation sites is 1. The molecule has 3 aromatic heterocycles. The largest absolute Gasteiger partial charge is 0.384 e. The van der Waals surface area contributed by atoms with Gasteiger partial charge in [-0.05, 0) is 18.9 Å². The SMILES string of the molecule is Cn1c(N)c(C(=O)CSc2nnc(-c3c[nH]c4ccccc34)n2C2CC2)c(=O)n(C)c1=O. The molecule has 0 aliphatic heterocycles. The van der Waals surface area contributed by atoms with Crippen molar-refractivity contribution in [2.45, 2.75) is 24.0 Å². The number of fused-ring (bicyclic) bond motifs is 1. The van der Waals surface area contributed by atoms with Crippen LogP contribution in [0, 0.1) is 0 Å². The number of hydrogen-bond donors (Lipinski definition) is 2. The number of hydrogen-bond acceptors (Lipinski definition) is 7. The van der Waals surface area contributed by atoms with E-state index in [1.165, 1.54) is 25.9 Å². The first-order chi connectivity index (χ1) is 15.4. The van der Waals surface area contributed by atoms with Gasteiger partial charge in [0.2, 0.25) is 0 Å². The van der Waals surface area contributed by atoms with E-state index in [1.807, 2.05) is 30.5 Å². The van der Waals surface area contributed by atoms with Crippen molar-refractivity contribution in [3.8, 4) is 11.4 Å². The van der Waals surface area contributed by atoms with Crippen molar-refractivity contribution in [2.24, 2.45) is 14.1 Å². The van der Waals surface area contributed by atoms with Crippen LogP contribution < -0.4 is 17.0 Å².